The fourth-order valence-corrected chi connectivity index (χ4v) is 1.01. The van der Waals surface area contributed by atoms with Gasteiger partial charge in [-0.1, -0.05) is 6.07 Å². The Morgan fingerprint density at radius 2 is 2.23 bits per heavy atom. The summed E-state index contributed by atoms with van der Waals surface area (Å²) < 4.78 is 0. The summed E-state index contributed by atoms with van der Waals surface area (Å²) in [5.74, 6) is 0.458. The number of pyridine rings is 1. The Balaban J connectivity index is 2.30. The molecule has 2 heterocycles. The van der Waals surface area contributed by atoms with Gasteiger partial charge in [0.25, 0.3) is 0 Å². The van der Waals surface area contributed by atoms with Crippen molar-refractivity contribution >= 4 is 17.8 Å². The number of aromatic nitrogens is 1. The van der Waals surface area contributed by atoms with E-state index in [1.165, 1.54) is 6.21 Å². The Bertz CT molecular complexity index is 381. The van der Waals surface area contributed by atoms with E-state index in [1.54, 1.807) is 6.20 Å². The van der Waals surface area contributed by atoms with Gasteiger partial charge in [-0.3, -0.25) is 14.8 Å². The molecule has 0 N–H and O–H groups in total. The summed E-state index contributed by atoms with van der Waals surface area (Å²) in [5, 5.41) is 0. The molecule has 0 aliphatic carbocycles. The number of ketones is 1. The minimum absolute atomic E-state index is 0.0697. The van der Waals surface area contributed by atoms with Crippen molar-refractivity contribution in [2.45, 2.75) is 0 Å². The van der Waals surface area contributed by atoms with Gasteiger partial charge < -0.3 is 0 Å². The summed E-state index contributed by atoms with van der Waals surface area (Å²) in [6.07, 6.45) is 2.96. The fourth-order valence-electron chi connectivity index (χ4n) is 1.01. The van der Waals surface area contributed by atoms with Gasteiger partial charge in [0.05, 0.1) is 6.21 Å². The molecule has 0 saturated carbocycles. The van der Waals surface area contributed by atoms with Crippen LogP contribution < -0.4 is 0 Å². The van der Waals surface area contributed by atoms with Crippen LogP contribution >= 0.6 is 0 Å². The van der Waals surface area contributed by atoms with E-state index in [-0.39, 0.29) is 12.3 Å². The predicted molar refractivity (Wildman–Crippen MR) is 49.1 cm³/mol. The predicted octanol–water partition coefficient (Wildman–Crippen LogP) is 0.482. The van der Waals surface area contributed by atoms with E-state index in [1.807, 2.05) is 18.2 Å². The van der Waals surface area contributed by atoms with Gasteiger partial charge in [0.1, 0.15) is 12.2 Å². The number of amidine groups is 1. The first-order valence-corrected chi connectivity index (χ1v) is 3.89. The molecule has 1 aliphatic heterocycles. The molecule has 0 aromatic carbocycles. The lowest BCUT2D eigenvalue weighted by Gasteiger charge is -2.02. The number of hydrogen-bond donors (Lipinski definition) is 0. The second-order valence-corrected chi connectivity index (χ2v) is 2.58. The lowest BCUT2D eigenvalue weighted by molar-refractivity contribution is -0.111. The van der Waals surface area contributed by atoms with Crippen LogP contribution in [0.3, 0.4) is 0 Å². The molecule has 0 radical (unpaired) electrons. The highest BCUT2D eigenvalue weighted by Crippen LogP contribution is 2.00. The summed E-state index contributed by atoms with van der Waals surface area (Å²) in [6, 6.07) is 5.49. The molecule has 0 unspecified atom stereocenters. The highest BCUT2D eigenvalue weighted by atomic mass is 16.1. The van der Waals surface area contributed by atoms with Crippen LogP contribution in [0.5, 0.6) is 0 Å². The van der Waals surface area contributed by atoms with Gasteiger partial charge in [0.15, 0.2) is 11.6 Å². The number of Topliss-reactive ketones (excluding diaryl/α,β-unsaturated/α-hetero) is 1. The van der Waals surface area contributed by atoms with Gasteiger partial charge >= 0.3 is 0 Å². The van der Waals surface area contributed by atoms with E-state index < -0.39 is 0 Å². The van der Waals surface area contributed by atoms with Crippen molar-refractivity contribution in [3.63, 3.8) is 0 Å². The molecule has 4 heteroatoms. The molecule has 0 saturated heterocycles. The van der Waals surface area contributed by atoms with Crippen molar-refractivity contribution in [2.75, 3.05) is 6.54 Å². The molecule has 0 spiro atoms. The summed E-state index contributed by atoms with van der Waals surface area (Å²) in [7, 11) is 0. The van der Waals surface area contributed by atoms with Crippen molar-refractivity contribution in [3.8, 4) is 0 Å². The third-order valence-corrected chi connectivity index (χ3v) is 1.61. The first-order chi connectivity index (χ1) is 6.36. The van der Waals surface area contributed by atoms with Gasteiger partial charge in [0.2, 0.25) is 0 Å². The monoisotopic (exact) mass is 173 g/mol. The molecule has 1 aromatic rings. The zero-order chi connectivity index (χ0) is 9.10. The van der Waals surface area contributed by atoms with Crippen molar-refractivity contribution < 1.29 is 4.79 Å². The summed E-state index contributed by atoms with van der Waals surface area (Å²) in [4.78, 5) is 22.7. The molecule has 1 aromatic heterocycles. The lowest BCUT2D eigenvalue weighted by Crippen LogP contribution is -2.14. The summed E-state index contributed by atoms with van der Waals surface area (Å²) in [5.41, 5.74) is 0.700. The SMILES string of the molecule is O=C1C=NC(c2ccccn2)=NC1. The minimum Gasteiger partial charge on any atom is -0.291 e. The van der Waals surface area contributed by atoms with Crippen molar-refractivity contribution in [1.82, 2.24) is 4.98 Å². The van der Waals surface area contributed by atoms with Crippen LogP contribution in [0.15, 0.2) is 34.4 Å². The number of carbonyl (C=O) groups is 1. The van der Waals surface area contributed by atoms with Crippen LogP contribution in [0.2, 0.25) is 0 Å². The van der Waals surface area contributed by atoms with Crippen molar-refractivity contribution in [2.24, 2.45) is 9.98 Å². The molecule has 13 heavy (non-hydrogen) atoms. The van der Waals surface area contributed by atoms with E-state index in [4.69, 9.17) is 0 Å². The second kappa shape index (κ2) is 3.26. The maximum Gasteiger partial charge on any atom is 0.195 e. The molecule has 1 aliphatic rings. The Hall–Kier alpha value is -1.84. The Labute approximate surface area is 75.1 Å². The average Bonchev–Trinajstić information content (AvgIpc) is 2.20. The van der Waals surface area contributed by atoms with Crippen LogP contribution in [-0.2, 0) is 4.79 Å². The molecular formula is C9H7N3O. The molecule has 2 rings (SSSR count). The van der Waals surface area contributed by atoms with E-state index in [2.05, 4.69) is 15.0 Å². The highest BCUT2D eigenvalue weighted by molar-refractivity contribution is 6.32. The van der Waals surface area contributed by atoms with Crippen LogP contribution in [0.25, 0.3) is 0 Å². The average molecular weight is 173 g/mol. The molecule has 0 bridgehead atoms. The molecule has 0 atom stereocenters. The van der Waals surface area contributed by atoms with Crippen LogP contribution in [-0.4, -0.2) is 29.4 Å². The third kappa shape index (κ3) is 1.66. The van der Waals surface area contributed by atoms with Crippen molar-refractivity contribution in [3.05, 3.63) is 30.1 Å². The van der Waals surface area contributed by atoms with Gasteiger partial charge in [-0.15, -0.1) is 0 Å². The third-order valence-electron chi connectivity index (χ3n) is 1.61. The maximum atomic E-state index is 10.8. The van der Waals surface area contributed by atoms with Crippen molar-refractivity contribution in [1.29, 1.82) is 0 Å². The van der Waals surface area contributed by atoms with Gasteiger partial charge in [-0.05, 0) is 12.1 Å². The molecule has 0 amide bonds. The zero-order valence-corrected chi connectivity index (χ0v) is 6.84. The number of hydrogen-bond acceptors (Lipinski definition) is 4. The number of aliphatic imine (C=N–C) groups is 2. The molecule has 64 valence electrons. The number of nitrogens with zero attached hydrogens (tertiary/aromatic N) is 3. The van der Waals surface area contributed by atoms with E-state index in [9.17, 15) is 4.79 Å². The molecular weight excluding hydrogens is 166 g/mol. The standard InChI is InChI=1S/C9H7N3O/c13-7-5-11-9(12-6-7)8-3-1-2-4-10-8/h1-5H,6H2. The first kappa shape index (κ1) is 7.79. The van der Waals surface area contributed by atoms with Crippen LogP contribution in [0, 0.1) is 0 Å². The van der Waals surface area contributed by atoms with Gasteiger partial charge in [-0.25, -0.2) is 4.99 Å². The number of carbonyl (C=O) groups excluding carboxylic acids is 1. The summed E-state index contributed by atoms with van der Waals surface area (Å²) in [6.45, 7) is 0.176. The Morgan fingerprint density at radius 1 is 1.31 bits per heavy atom. The number of rotatable bonds is 1. The quantitative estimate of drug-likeness (QED) is 0.620. The normalized spacial score (nSPS) is 15.7. The van der Waals surface area contributed by atoms with Gasteiger partial charge in [0, 0.05) is 6.20 Å². The largest absolute Gasteiger partial charge is 0.291 e. The minimum atomic E-state index is -0.0697. The highest BCUT2D eigenvalue weighted by Gasteiger charge is 2.08. The lowest BCUT2D eigenvalue weighted by atomic mass is 10.3. The fraction of sp³-hybridized carbons (Fsp3) is 0.111. The smallest absolute Gasteiger partial charge is 0.195 e. The Kier molecular flexibility index (Phi) is 1.96. The van der Waals surface area contributed by atoms with Crippen LogP contribution in [0.4, 0.5) is 0 Å². The van der Waals surface area contributed by atoms with E-state index in [0.717, 1.165) is 0 Å². The molecule has 0 fully saturated rings. The van der Waals surface area contributed by atoms with Crippen LogP contribution in [0.1, 0.15) is 5.69 Å². The second-order valence-electron chi connectivity index (χ2n) is 2.58. The van der Waals surface area contributed by atoms with E-state index in [0.29, 0.717) is 11.5 Å². The maximum absolute atomic E-state index is 10.8. The first-order valence-electron chi connectivity index (χ1n) is 3.89. The van der Waals surface area contributed by atoms with Gasteiger partial charge in [-0.2, -0.15) is 0 Å². The zero-order valence-electron chi connectivity index (χ0n) is 6.84. The summed E-state index contributed by atoms with van der Waals surface area (Å²) >= 11 is 0. The Morgan fingerprint density at radius 3 is 2.85 bits per heavy atom. The topological polar surface area (TPSA) is 54.7 Å². The molecule has 4 nitrogen and oxygen atoms in total. The van der Waals surface area contributed by atoms with E-state index >= 15 is 0 Å².